The first-order chi connectivity index (χ1) is 7.58. The Balaban J connectivity index is 1.86. The van der Waals surface area contributed by atoms with E-state index in [-0.39, 0.29) is 12.1 Å². The molecule has 0 bridgehead atoms. The second-order valence-electron chi connectivity index (χ2n) is 4.55. The molecular weight excluding hydrogens is 228 g/mol. The molecule has 2 aliphatic rings. The number of hydrogen-bond acceptors (Lipinski definition) is 3. The number of thioether (sulfide) groups is 1. The van der Waals surface area contributed by atoms with E-state index in [1.165, 1.54) is 16.7 Å². The van der Waals surface area contributed by atoms with Gasteiger partial charge in [0.1, 0.15) is 6.04 Å². The standard InChI is InChI=1S/C10H16N2O3S/c1-6-2-7(3-6)11-10(15)12-5-16-4-8(12)9(13)14/h6-8H,2-5H2,1H3,(H,11,15)(H,13,14). The fourth-order valence-electron chi connectivity index (χ4n) is 2.13. The third-order valence-corrected chi connectivity index (χ3v) is 4.14. The molecule has 2 rings (SSSR count). The van der Waals surface area contributed by atoms with Crippen LogP contribution in [0.1, 0.15) is 19.8 Å². The molecule has 1 aliphatic heterocycles. The van der Waals surface area contributed by atoms with E-state index in [1.54, 1.807) is 0 Å². The fraction of sp³-hybridized carbons (Fsp3) is 0.800. The summed E-state index contributed by atoms with van der Waals surface area (Å²) in [6.45, 7) is 2.15. The van der Waals surface area contributed by atoms with E-state index in [0.717, 1.165) is 12.8 Å². The van der Waals surface area contributed by atoms with Crippen molar-refractivity contribution in [3.63, 3.8) is 0 Å². The molecule has 0 aromatic carbocycles. The highest BCUT2D eigenvalue weighted by Gasteiger charge is 2.36. The van der Waals surface area contributed by atoms with E-state index in [9.17, 15) is 9.59 Å². The molecule has 5 nitrogen and oxygen atoms in total. The van der Waals surface area contributed by atoms with Gasteiger partial charge in [0.2, 0.25) is 0 Å². The molecule has 0 spiro atoms. The van der Waals surface area contributed by atoms with Crippen LogP contribution < -0.4 is 5.32 Å². The molecule has 2 N–H and O–H groups in total. The maximum Gasteiger partial charge on any atom is 0.327 e. The third-order valence-electron chi connectivity index (χ3n) is 3.13. The molecule has 0 aromatic rings. The van der Waals surface area contributed by atoms with E-state index in [0.29, 0.717) is 17.5 Å². The van der Waals surface area contributed by atoms with Crippen LogP contribution in [-0.4, -0.2) is 45.7 Å². The monoisotopic (exact) mass is 244 g/mol. The van der Waals surface area contributed by atoms with Gasteiger partial charge < -0.3 is 15.3 Å². The van der Waals surface area contributed by atoms with Crippen LogP contribution in [0.2, 0.25) is 0 Å². The lowest BCUT2D eigenvalue weighted by molar-refractivity contribution is -0.140. The third kappa shape index (κ3) is 2.26. The van der Waals surface area contributed by atoms with E-state index in [1.807, 2.05) is 0 Å². The molecular formula is C10H16N2O3S. The number of rotatable bonds is 2. The van der Waals surface area contributed by atoms with E-state index < -0.39 is 12.0 Å². The lowest BCUT2D eigenvalue weighted by atomic mass is 9.82. The van der Waals surface area contributed by atoms with Crippen LogP contribution in [0.3, 0.4) is 0 Å². The van der Waals surface area contributed by atoms with Crippen LogP contribution in [-0.2, 0) is 4.79 Å². The van der Waals surface area contributed by atoms with Crippen molar-refractivity contribution in [3.8, 4) is 0 Å². The molecule has 1 aliphatic carbocycles. The molecule has 2 amide bonds. The van der Waals surface area contributed by atoms with Gasteiger partial charge in [0.05, 0.1) is 5.88 Å². The Labute approximate surface area is 98.6 Å². The molecule has 1 unspecified atom stereocenters. The summed E-state index contributed by atoms with van der Waals surface area (Å²) >= 11 is 1.48. The van der Waals surface area contributed by atoms with Gasteiger partial charge in [0, 0.05) is 11.8 Å². The Bertz CT molecular complexity index is 304. The average Bonchev–Trinajstić information content (AvgIpc) is 2.63. The molecule has 6 heteroatoms. The Morgan fingerprint density at radius 2 is 2.12 bits per heavy atom. The predicted molar refractivity (Wildman–Crippen MR) is 61.3 cm³/mol. The fourth-order valence-corrected chi connectivity index (χ4v) is 3.27. The van der Waals surface area contributed by atoms with Crippen molar-refractivity contribution < 1.29 is 14.7 Å². The van der Waals surface area contributed by atoms with Crippen molar-refractivity contribution in [3.05, 3.63) is 0 Å². The molecule has 1 heterocycles. The SMILES string of the molecule is CC1CC(NC(=O)N2CSCC2C(=O)O)C1. The van der Waals surface area contributed by atoms with Crippen molar-refractivity contribution in [1.29, 1.82) is 0 Å². The summed E-state index contributed by atoms with van der Waals surface area (Å²) in [5.41, 5.74) is 0. The van der Waals surface area contributed by atoms with Crippen molar-refractivity contribution in [2.24, 2.45) is 5.92 Å². The van der Waals surface area contributed by atoms with Crippen LogP contribution in [0.4, 0.5) is 4.79 Å². The quantitative estimate of drug-likeness (QED) is 0.759. The summed E-state index contributed by atoms with van der Waals surface area (Å²) in [5.74, 6) is 0.727. The summed E-state index contributed by atoms with van der Waals surface area (Å²) in [6.07, 6.45) is 2.01. The first kappa shape index (κ1) is 11.6. The van der Waals surface area contributed by atoms with E-state index in [4.69, 9.17) is 5.11 Å². The van der Waals surface area contributed by atoms with Gasteiger partial charge in [0.15, 0.2) is 0 Å². The van der Waals surface area contributed by atoms with Gasteiger partial charge in [0.25, 0.3) is 0 Å². The topological polar surface area (TPSA) is 69.6 Å². The van der Waals surface area contributed by atoms with Gasteiger partial charge in [-0.1, -0.05) is 6.92 Å². The Morgan fingerprint density at radius 3 is 2.69 bits per heavy atom. The maximum atomic E-state index is 11.8. The minimum absolute atomic E-state index is 0.227. The average molecular weight is 244 g/mol. The minimum Gasteiger partial charge on any atom is -0.480 e. The summed E-state index contributed by atoms with van der Waals surface area (Å²) < 4.78 is 0. The summed E-state index contributed by atoms with van der Waals surface area (Å²) in [5, 5.41) is 11.8. The predicted octanol–water partition coefficient (Wildman–Crippen LogP) is 0.954. The Morgan fingerprint density at radius 1 is 1.44 bits per heavy atom. The summed E-state index contributed by atoms with van der Waals surface area (Å²) in [6, 6.07) is -0.653. The second kappa shape index (κ2) is 4.53. The zero-order chi connectivity index (χ0) is 11.7. The van der Waals surface area contributed by atoms with Crippen LogP contribution >= 0.6 is 11.8 Å². The molecule has 16 heavy (non-hydrogen) atoms. The number of nitrogens with zero attached hydrogens (tertiary/aromatic N) is 1. The first-order valence-electron chi connectivity index (χ1n) is 5.45. The molecule has 0 aromatic heterocycles. The number of hydrogen-bond donors (Lipinski definition) is 2. The molecule has 1 saturated heterocycles. The number of carbonyl (C=O) groups is 2. The molecule has 1 saturated carbocycles. The van der Waals surface area contributed by atoms with Gasteiger partial charge in [-0.2, -0.15) is 0 Å². The largest absolute Gasteiger partial charge is 0.480 e. The van der Waals surface area contributed by atoms with Crippen LogP contribution in [0.5, 0.6) is 0 Å². The molecule has 1 atom stereocenters. The Kier molecular flexibility index (Phi) is 3.28. The number of amides is 2. The van der Waals surface area contributed by atoms with Crippen LogP contribution in [0, 0.1) is 5.92 Å². The highest BCUT2D eigenvalue weighted by atomic mass is 32.2. The zero-order valence-electron chi connectivity index (χ0n) is 9.18. The number of urea groups is 1. The molecule has 2 fully saturated rings. The number of carbonyl (C=O) groups excluding carboxylic acids is 1. The number of aliphatic carboxylic acids is 1. The maximum absolute atomic E-state index is 11.8. The Hall–Kier alpha value is -0.910. The number of nitrogens with one attached hydrogen (secondary N) is 1. The van der Waals surface area contributed by atoms with E-state index >= 15 is 0 Å². The first-order valence-corrected chi connectivity index (χ1v) is 6.61. The van der Waals surface area contributed by atoms with Crippen molar-refractivity contribution >= 4 is 23.8 Å². The number of carboxylic acid groups (broad SMARTS) is 1. The van der Waals surface area contributed by atoms with Gasteiger partial charge >= 0.3 is 12.0 Å². The second-order valence-corrected chi connectivity index (χ2v) is 5.55. The summed E-state index contributed by atoms with van der Waals surface area (Å²) in [7, 11) is 0. The van der Waals surface area contributed by atoms with Gasteiger partial charge in [-0.05, 0) is 18.8 Å². The highest BCUT2D eigenvalue weighted by molar-refractivity contribution is 7.99. The highest BCUT2D eigenvalue weighted by Crippen LogP contribution is 2.27. The van der Waals surface area contributed by atoms with Crippen LogP contribution in [0.25, 0.3) is 0 Å². The van der Waals surface area contributed by atoms with Crippen molar-refractivity contribution in [2.75, 3.05) is 11.6 Å². The van der Waals surface area contributed by atoms with Gasteiger partial charge in [-0.25, -0.2) is 9.59 Å². The van der Waals surface area contributed by atoms with Crippen molar-refractivity contribution in [1.82, 2.24) is 10.2 Å². The van der Waals surface area contributed by atoms with Gasteiger partial charge in [-0.15, -0.1) is 11.8 Å². The van der Waals surface area contributed by atoms with E-state index in [2.05, 4.69) is 12.2 Å². The smallest absolute Gasteiger partial charge is 0.327 e. The van der Waals surface area contributed by atoms with Crippen molar-refractivity contribution in [2.45, 2.75) is 31.8 Å². The zero-order valence-corrected chi connectivity index (χ0v) is 10.00. The molecule has 90 valence electrons. The lowest BCUT2D eigenvalue weighted by Crippen LogP contribution is -2.52. The lowest BCUT2D eigenvalue weighted by Gasteiger charge is -2.35. The normalized spacial score (nSPS) is 33.3. The van der Waals surface area contributed by atoms with Gasteiger partial charge in [-0.3, -0.25) is 0 Å². The number of carboxylic acids is 1. The minimum atomic E-state index is -0.915. The van der Waals surface area contributed by atoms with Crippen LogP contribution in [0.15, 0.2) is 0 Å². The molecule has 0 radical (unpaired) electrons. The summed E-state index contributed by atoms with van der Waals surface area (Å²) in [4.78, 5) is 24.1.